The predicted molar refractivity (Wildman–Crippen MR) is 67.6 cm³/mol. The summed E-state index contributed by atoms with van der Waals surface area (Å²) in [6.07, 6.45) is 3.78. The summed E-state index contributed by atoms with van der Waals surface area (Å²) in [5.74, 6) is -0.193. The first kappa shape index (κ1) is 10.4. The molecule has 0 bridgehead atoms. The lowest BCUT2D eigenvalue weighted by Gasteiger charge is -2.42. The Hall–Kier alpha value is -0.770. The van der Waals surface area contributed by atoms with Gasteiger partial charge in [0, 0.05) is 25.2 Å². The zero-order valence-electron chi connectivity index (χ0n) is 8.97. The molecule has 0 unspecified atom stereocenters. The Bertz CT molecular complexity index is 422. The Morgan fingerprint density at radius 3 is 3.12 bits per heavy atom. The van der Waals surface area contributed by atoms with Gasteiger partial charge >= 0.3 is 0 Å². The van der Waals surface area contributed by atoms with Gasteiger partial charge in [-0.05, 0) is 41.3 Å². The maximum atomic E-state index is 13.4. The van der Waals surface area contributed by atoms with Gasteiger partial charge in [0.25, 0.3) is 0 Å². The Balaban J connectivity index is 2.04. The standard InChI is InChI=1S/C12H14BrFN2/c13-9-5-12-11(6-10(9)14)15-7-8-3-1-2-4-16(8)12/h5-6,8,15H,1-4,7H2/t8-/m0/s1. The molecule has 1 aromatic rings. The Morgan fingerprint density at radius 1 is 1.38 bits per heavy atom. The summed E-state index contributed by atoms with van der Waals surface area (Å²) in [5, 5.41) is 3.33. The molecule has 0 saturated carbocycles. The molecular formula is C12H14BrFN2. The highest BCUT2D eigenvalue weighted by Gasteiger charge is 2.28. The van der Waals surface area contributed by atoms with Gasteiger partial charge < -0.3 is 10.2 Å². The van der Waals surface area contributed by atoms with Gasteiger partial charge in [-0.25, -0.2) is 4.39 Å². The van der Waals surface area contributed by atoms with E-state index in [2.05, 4.69) is 26.1 Å². The van der Waals surface area contributed by atoms with Crippen LogP contribution in [0.1, 0.15) is 19.3 Å². The molecule has 4 heteroatoms. The van der Waals surface area contributed by atoms with E-state index in [1.165, 1.54) is 19.3 Å². The van der Waals surface area contributed by atoms with Gasteiger partial charge in [-0.3, -0.25) is 0 Å². The lowest BCUT2D eigenvalue weighted by molar-refractivity contribution is 0.465. The smallest absolute Gasteiger partial charge is 0.139 e. The normalized spacial score (nSPS) is 23.4. The highest BCUT2D eigenvalue weighted by molar-refractivity contribution is 9.10. The van der Waals surface area contributed by atoms with E-state index in [1.807, 2.05) is 6.07 Å². The number of halogens is 2. The van der Waals surface area contributed by atoms with Gasteiger partial charge in [0.15, 0.2) is 0 Å². The molecule has 2 nitrogen and oxygen atoms in total. The molecule has 3 rings (SSSR count). The van der Waals surface area contributed by atoms with Crippen molar-refractivity contribution in [3.8, 4) is 0 Å². The summed E-state index contributed by atoms with van der Waals surface area (Å²) in [6.45, 7) is 2.03. The van der Waals surface area contributed by atoms with Crippen molar-refractivity contribution in [3.63, 3.8) is 0 Å². The molecule has 0 spiro atoms. The van der Waals surface area contributed by atoms with Crippen LogP contribution >= 0.6 is 15.9 Å². The fraction of sp³-hybridized carbons (Fsp3) is 0.500. The number of benzene rings is 1. The summed E-state index contributed by atoms with van der Waals surface area (Å²) < 4.78 is 14.0. The largest absolute Gasteiger partial charge is 0.381 e. The molecule has 1 N–H and O–H groups in total. The lowest BCUT2D eigenvalue weighted by Crippen LogP contribution is -2.47. The SMILES string of the molecule is Fc1cc2c(cc1Br)N1CCCC[C@H]1CN2. The molecule has 1 atom stereocenters. The third-order valence-corrected chi connectivity index (χ3v) is 4.11. The molecule has 0 amide bonds. The van der Waals surface area contributed by atoms with Crippen molar-refractivity contribution in [2.75, 3.05) is 23.3 Å². The predicted octanol–water partition coefficient (Wildman–Crippen LogP) is 3.37. The zero-order valence-corrected chi connectivity index (χ0v) is 10.6. The first-order valence-electron chi connectivity index (χ1n) is 5.75. The summed E-state index contributed by atoms with van der Waals surface area (Å²) in [6, 6.07) is 4.07. The van der Waals surface area contributed by atoms with Gasteiger partial charge in [0.2, 0.25) is 0 Å². The van der Waals surface area contributed by atoms with Crippen LogP contribution in [0.4, 0.5) is 15.8 Å². The van der Waals surface area contributed by atoms with E-state index in [0.717, 1.165) is 24.5 Å². The Labute approximate surface area is 103 Å². The molecule has 1 saturated heterocycles. The van der Waals surface area contributed by atoms with Gasteiger partial charge in [-0.15, -0.1) is 0 Å². The minimum Gasteiger partial charge on any atom is -0.381 e. The second kappa shape index (κ2) is 3.91. The molecule has 1 aromatic carbocycles. The first-order valence-corrected chi connectivity index (χ1v) is 6.54. The van der Waals surface area contributed by atoms with E-state index in [-0.39, 0.29) is 5.82 Å². The molecular weight excluding hydrogens is 271 g/mol. The summed E-state index contributed by atoms with van der Waals surface area (Å²) in [5.41, 5.74) is 2.07. The first-order chi connectivity index (χ1) is 7.75. The van der Waals surface area contributed by atoms with Crippen molar-refractivity contribution in [1.29, 1.82) is 0 Å². The van der Waals surface area contributed by atoms with E-state index in [4.69, 9.17) is 0 Å². The van der Waals surface area contributed by atoms with Crippen LogP contribution in [0.15, 0.2) is 16.6 Å². The fourth-order valence-electron chi connectivity index (χ4n) is 2.67. The van der Waals surface area contributed by atoms with Gasteiger partial charge in [0.1, 0.15) is 5.82 Å². The number of piperidine rings is 1. The minimum atomic E-state index is -0.193. The van der Waals surface area contributed by atoms with Crippen molar-refractivity contribution < 1.29 is 4.39 Å². The number of hydrogen-bond donors (Lipinski definition) is 1. The van der Waals surface area contributed by atoms with Crippen LogP contribution < -0.4 is 10.2 Å². The van der Waals surface area contributed by atoms with E-state index in [1.54, 1.807) is 6.07 Å². The Morgan fingerprint density at radius 2 is 2.25 bits per heavy atom. The second-order valence-corrected chi connectivity index (χ2v) is 5.36. The molecule has 2 heterocycles. The quantitative estimate of drug-likeness (QED) is 0.786. The molecule has 0 aliphatic carbocycles. The maximum absolute atomic E-state index is 13.4. The number of rotatable bonds is 0. The lowest BCUT2D eigenvalue weighted by atomic mass is 9.98. The zero-order chi connectivity index (χ0) is 11.1. The monoisotopic (exact) mass is 284 g/mol. The molecule has 86 valence electrons. The van der Waals surface area contributed by atoms with Crippen molar-refractivity contribution in [3.05, 3.63) is 22.4 Å². The molecule has 2 aliphatic heterocycles. The average Bonchev–Trinajstić information content (AvgIpc) is 2.31. The molecule has 2 aliphatic rings. The van der Waals surface area contributed by atoms with E-state index in [9.17, 15) is 4.39 Å². The average molecular weight is 285 g/mol. The molecule has 16 heavy (non-hydrogen) atoms. The molecule has 0 aromatic heterocycles. The summed E-state index contributed by atoms with van der Waals surface area (Å²) in [7, 11) is 0. The van der Waals surface area contributed by atoms with E-state index >= 15 is 0 Å². The number of hydrogen-bond acceptors (Lipinski definition) is 2. The van der Waals surface area contributed by atoms with Crippen LogP contribution in [0.2, 0.25) is 0 Å². The highest BCUT2D eigenvalue weighted by Crippen LogP contribution is 2.38. The second-order valence-electron chi connectivity index (χ2n) is 4.51. The van der Waals surface area contributed by atoms with Crippen LogP contribution in [0.3, 0.4) is 0 Å². The summed E-state index contributed by atoms with van der Waals surface area (Å²) in [4.78, 5) is 2.42. The van der Waals surface area contributed by atoms with Crippen LogP contribution in [0, 0.1) is 5.82 Å². The van der Waals surface area contributed by atoms with Gasteiger partial charge in [0.05, 0.1) is 15.8 Å². The van der Waals surface area contributed by atoms with Crippen LogP contribution in [0.25, 0.3) is 0 Å². The molecule has 1 fully saturated rings. The van der Waals surface area contributed by atoms with E-state index in [0.29, 0.717) is 10.5 Å². The highest BCUT2D eigenvalue weighted by atomic mass is 79.9. The van der Waals surface area contributed by atoms with Crippen molar-refractivity contribution >= 4 is 27.3 Å². The van der Waals surface area contributed by atoms with Crippen molar-refractivity contribution in [2.45, 2.75) is 25.3 Å². The van der Waals surface area contributed by atoms with Crippen LogP contribution in [-0.4, -0.2) is 19.1 Å². The van der Waals surface area contributed by atoms with Crippen molar-refractivity contribution in [2.24, 2.45) is 0 Å². The number of fused-ring (bicyclic) bond motifs is 3. The molecule has 0 radical (unpaired) electrons. The van der Waals surface area contributed by atoms with E-state index < -0.39 is 0 Å². The fourth-order valence-corrected chi connectivity index (χ4v) is 3.00. The van der Waals surface area contributed by atoms with Crippen LogP contribution in [0.5, 0.6) is 0 Å². The van der Waals surface area contributed by atoms with Gasteiger partial charge in [-0.2, -0.15) is 0 Å². The Kier molecular flexibility index (Phi) is 2.54. The van der Waals surface area contributed by atoms with Gasteiger partial charge in [-0.1, -0.05) is 0 Å². The summed E-state index contributed by atoms with van der Waals surface area (Å²) >= 11 is 3.26. The van der Waals surface area contributed by atoms with Crippen molar-refractivity contribution in [1.82, 2.24) is 0 Å². The number of nitrogens with one attached hydrogen (secondary N) is 1. The topological polar surface area (TPSA) is 15.3 Å². The third-order valence-electron chi connectivity index (χ3n) is 3.50. The van der Waals surface area contributed by atoms with Crippen LogP contribution in [-0.2, 0) is 0 Å². The minimum absolute atomic E-state index is 0.193. The number of anilines is 2. The maximum Gasteiger partial charge on any atom is 0.139 e. The third kappa shape index (κ3) is 1.59. The number of nitrogens with zero attached hydrogens (tertiary/aromatic N) is 1.